The van der Waals surface area contributed by atoms with Crippen molar-refractivity contribution in [3.63, 3.8) is 0 Å². The fraction of sp³-hybridized carbons (Fsp3) is 0.714. The summed E-state index contributed by atoms with van der Waals surface area (Å²) in [5.74, 6) is 4.10. The topological polar surface area (TPSA) is 25.2 Å². The Kier molecular flexibility index (Phi) is 1.95. The minimum Gasteiger partial charge on any atom is -0.467 e. The molecule has 2 heterocycles. The standard InChI is InChI=1S/C14H19NO/c1-2-11-7-9(1)8-12(11)13-14-10(3-5-15-13)4-6-16-14/h4,6,9,11-13,15H,1-3,5,7-8H2. The second-order valence-corrected chi connectivity index (χ2v) is 5.83. The molecule has 4 atom stereocenters. The summed E-state index contributed by atoms with van der Waals surface area (Å²) in [5.41, 5.74) is 1.45. The molecule has 0 amide bonds. The van der Waals surface area contributed by atoms with Crippen LogP contribution in [-0.4, -0.2) is 6.54 Å². The highest BCUT2D eigenvalue weighted by Crippen LogP contribution is 2.53. The maximum atomic E-state index is 5.73. The lowest BCUT2D eigenvalue weighted by molar-refractivity contribution is 0.218. The average molecular weight is 217 g/mol. The van der Waals surface area contributed by atoms with Crippen LogP contribution in [0.2, 0.25) is 0 Å². The van der Waals surface area contributed by atoms with E-state index in [9.17, 15) is 0 Å². The van der Waals surface area contributed by atoms with E-state index < -0.39 is 0 Å². The van der Waals surface area contributed by atoms with Crippen molar-refractivity contribution in [2.24, 2.45) is 17.8 Å². The van der Waals surface area contributed by atoms with E-state index in [-0.39, 0.29) is 0 Å². The van der Waals surface area contributed by atoms with Gasteiger partial charge in [0.1, 0.15) is 5.76 Å². The number of rotatable bonds is 1. The fourth-order valence-corrected chi connectivity index (χ4v) is 4.33. The van der Waals surface area contributed by atoms with Crippen LogP contribution in [0.25, 0.3) is 0 Å². The SMILES string of the molecule is c1cc2c(o1)C(C1CC3CCC1C3)NCC2. The van der Waals surface area contributed by atoms with E-state index in [0.29, 0.717) is 6.04 Å². The molecule has 2 fully saturated rings. The second kappa shape index (κ2) is 3.36. The van der Waals surface area contributed by atoms with Gasteiger partial charge in [-0.1, -0.05) is 6.42 Å². The Balaban J connectivity index is 1.65. The van der Waals surface area contributed by atoms with Crippen molar-refractivity contribution < 1.29 is 4.42 Å². The number of furan rings is 1. The van der Waals surface area contributed by atoms with Crippen molar-refractivity contribution in [3.05, 3.63) is 23.7 Å². The lowest BCUT2D eigenvalue weighted by Gasteiger charge is -2.33. The maximum Gasteiger partial charge on any atom is 0.124 e. The molecular formula is C14H19NO. The van der Waals surface area contributed by atoms with Gasteiger partial charge < -0.3 is 9.73 Å². The van der Waals surface area contributed by atoms with Gasteiger partial charge in [-0.05, 0) is 61.6 Å². The van der Waals surface area contributed by atoms with Gasteiger partial charge in [0.15, 0.2) is 0 Å². The molecule has 2 aliphatic carbocycles. The van der Waals surface area contributed by atoms with E-state index in [1.807, 2.05) is 6.26 Å². The van der Waals surface area contributed by atoms with Gasteiger partial charge in [-0.2, -0.15) is 0 Å². The summed E-state index contributed by atoms with van der Waals surface area (Å²) in [7, 11) is 0. The number of nitrogens with one attached hydrogen (secondary N) is 1. The van der Waals surface area contributed by atoms with Gasteiger partial charge in [-0.3, -0.25) is 0 Å². The van der Waals surface area contributed by atoms with Crippen molar-refractivity contribution in [3.8, 4) is 0 Å². The fourth-order valence-electron chi connectivity index (χ4n) is 4.33. The zero-order valence-corrected chi connectivity index (χ0v) is 9.61. The van der Waals surface area contributed by atoms with E-state index in [1.54, 1.807) is 0 Å². The molecule has 16 heavy (non-hydrogen) atoms. The normalized spacial score (nSPS) is 41.2. The zero-order chi connectivity index (χ0) is 10.5. The third kappa shape index (κ3) is 1.22. The molecule has 0 spiro atoms. The molecule has 2 bridgehead atoms. The van der Waals surface area contributed by atoms with Crippen LogP contribution in [0.1, 0.15) is 43.0 Å². The van der Waals surface area contributed by atoms with Crippen LogP contribution in [0.4, 0.5) is 0 Å². The molecular weight excluding hydrogens is 198 g/mol. The lowest BCUT2D eigenvalue weighted by atomic mass is 9.80. The minimum absolute atomic E-state index is 0.522. The first-order valence-corrected chi connectivity index (χ1v) is 6.71. The number of hydrogen-bond donors (Lipinski definition) is 1. The molecule has 2 nitrogen and oxygen atoms in total. The van der Waals surface area contributed by atoms with Gasteiger partial charge in [0.2, 0.25) is 0 Å². The summed E-state index contributed by atoms with van der Waals surface area (Å²) in [4.78, 5) is 0. The molecule has 0 aromatic carbocycles. The summed E-state index contributed by atoms with van der Waals surface area (Å²) in [5, 5.41) is 3.69. The Hall–Kier alpha value is -0.760. The summed E-state index contributed by atoms with van der Waals surface area (Å²) in [6, 6.07) is 2.69. The van der Waals surface area contributed by atoms with Crippen molar-refractivity contribution in [2.75, 3.05) is 6.54 Å². The molecule has 0 radical (unpaired) electrons. The summed E-state index contributed by atoms with van der Waals surface area (Å²) in [6.07, 6.45) is 8.88. The first-order valence-electron chi connectivity index (χ1n) is 6.71. The maximum absolute atomic E-state index is 5.73. The van der Waals surface area contributed by atoms with Crippen molar-refractivity contribution in [1.29, 1.82) is 0 Å². The predicted molar refractivity (Wildman–Crippen MR) is 62.1 cm³/mol. The molecule has 1 aromatic rings. The Labute approximate surface area is 96.4 Å². The molecule has 1 aromatic heterocycles. The van der Waals surface area contributed by atoms with Crippen LogP contribution in [0, 0.1) is 17.8 Å². The highest BCUT2D eigenvalue weighted by molar-refractivity contribution is 5.24. The van der Waals surface area contributed by atoms with Crippen LogP contribution in [0.15, 0.2) is 16.7 Å². The molecule has 2 saturated carbocycles. The summed E-state index contributed by atoms with van der Waals surface area (Å²) in [6.45, 7) is 1.13. The highest BCUT2D eigenvalue weighted by Gasteiger charge is 2.45. The van der Waals surface area contributed by atoms with Crippen LogP contribution >= 0.6 is 0 Å². The van der Waals surface area contributed by atoms with Gasteiger partial charge in [0.25, 0.3) is 0 Å². The Bertz CT molecular complexity index is 397. The third-order valence-electron chi connectivity index (χ3n) is 5.04. The highest BCUT2D eigenvalue weighted by atomic mass is 16.3. The second-order valence-electron chi connectivity index (χ2n) is 5.83. The Morgan fingerprint density at radius 3 is 3.06 bits per heavy atom. The first kappa shape index (κ1) is 9.29. The summed E-state index contributed by atoms with van der Waals surface area (Å²) < 4.78 is 5.73. The molecule has 1 N–H and O–H groups in total. The van der Waals surface area contributed by atoms with Gasteiger partial charge >= 0.3 is 0 Å². The van der Waals surface area contributed by atoms with E-state index in [2.05, 4.69) is 11.4 Å². The zero-order valence-electron chi connectivity index (χ0n) is 9.61. The molecule has 1 aliphatic heterocycles. The average Bonchev–Trinajstić information content (AvgIpc) is 3.03. The number of fused-ring (bicyclic) bond motifs is 3. The summed E-state index contributed by atoms with van der Waals surface area (Å²) >= 11 is 0. The Morgan fingerprint density at radius 2 is 2.25 bits per heavy atom. The van der Waals surface area contributed by atoms with E-state index in [0.717, 1.165) is 30.7 Å². The van der Waals surface area contributed by atoms with Crippen molar-refractivity contribution >= 4 is 0 Å². The Morgan fingerprint density at radius 1 is 1.25 bits per heavy atom. The van der Waals surface area contributed by atoms with Crippen molar-refractivity contribution in [1.82, 2.24) is 5.32 Å². The molecule has 4 unspecified atom stereocenters. The van der Waals surface area contributed by atoms with Gasteiger partial charge in [-0.15, -0.1) is 0 Å². The minimum atomic E-state index is 0.522. The van der Waals surface area contributed by atoms with Gasteiger partial charge in [0, 0.05) is 0 Å². The smallest absolute Gasteiger partial charge is 0.124 e. The quantitative estimate of drug-likeness (QED) is 0.782. The van der Waals surface area contributed by atoms with Crippen LogP contribution in [0.3, 0.4) is 0 Å². The van der Waals surface area contributed by atoms with Gasteiger partial charge in [-0.25, -0.2) is 0 Å². The molecule has 86 valence electrons. The van der Waals surface area contributed by atoms with Crippen LogP contribution < -0.4 is 5.32 Å². The first-order chi connectivity index (χ1) is 7.92. The number of hydrogen-bond acceptors (Lipinski definition) is 2. The molecule has 3 aliphatic rings. The molecule has 2 heteroatoms. The predicted octanol–water partition coefficient (Wildman–Crippen LogP) is 2.90. The molecule has 4 rings (SSSR count). The van der Waals surface area contributed by atoms with Gasteiger partial charge in [0.05, 0.1) is 12.3 Å². The third-order valence-corrected chi connectivity index (χ3v) is 5.04. The van der Waals surface area contributed by atoms with E-state index in [1.165, 1.54) is 37.0 Å². The largest absolute Gasteiger partial charge is 0.467 e. The lowest BCUT2D eigenvalue weighted by Crippen LogP contribution is -2.36. The molecule has 0 saturated heterocycles. The van der Waals surface area contributed by atoms with Crippen LogP contribution in [-0.2, 0) is 6.42 Å². The van der Waals surface area contributed by atoms with Crippen molar-refractivity contribution in [2.45, 2.75) is 38.1 Å². The van der Waals surface area contributed by atoms with E-state index >= 15 is 0 Å². The monoisotopic (exact) mass is 217 g/mol. The van der Waals surface area contributed by atoms with E-state index in [4.69, 9.17) is 4.42 Å². The van der Waals surface area contributed by atoms with Crippen LogP contribution in [0.5, 0.6) is 0 Å².